The molecule has 5 rings (SSSR count). The van der Waals surface area contributed by atoms with Gasteiger partial charge in [0.15, 0.2) is 6.29 Å². The quantitative estimate of drug-likeness (QED) is 0.168. The number of nitrogens with zero attached hydrogens (tertiary/aromatic N) is 3. The SMILES string of the molecule is CO[C@H]1[C@@H](N=[N+]=[N-])C[C@H](OCC23CC4C(C)CCC4C4(C=O)CC2C=C(C(C)C)C43C(=O)O)O[C@@H]1C. The normalized spacial score (nSPS) is 48.9. The number of carbonyl (C=O) groups excluding carboxylic acids is 1. The van der Waals surface area contributed by atoms with Crippen LogP contribution in [0.4, 0.5) is 0 Å². The fourth-order valence-electron chi connectivity index (χ4n) is 9.53. The van der Waals surface area contributed by atoms with E-state index in [1.54, 1.807) is 7.11 Å². The first kappa shape index (κ1) is 25.7. The van der Waals surface area contributed by atoms with Crippen molar-refractivity contribution in [1.29, 1.82) is 0 Å². The molecule has 0 spiro atoms. The Kier molecular flexibility index (Phi) is 6.30. The van der Waals surface area contributed by atoms with Crippen LogP contribution in [0.5, 0.6) is 0 Å². The Balaban J connectivity index is 1.54. The first-order chi connectivity index (χ1) is 17.1. The van der Waals surface area contributed by atoms with Crippen LogP contribution >= 0.6 is 0 Å². The molecule has 1 N–H and O–H groups in total. The van der Waals surface area contributed by atoms with Crippen molar-refractivity contribution >= 4 is 12.3 Å². The van der Waals surface area contributed by atoms with E-state index in [9.17, 15) is 14.7 Å². The van der Waals surface area contributed by atoms with Gasteiger partial charge in [0.05, 0.1) is 30.3 Å². The van der Waals surface area contributed by atoms with Gasteiger partial charge in [-0.3, -0.25) is 4.79 Å². The summed E-state index contributed by atoms with van der Waals surface area (Å²) in [4.78, 5) is 29.6. The fourth-order valence-corrected chi connectivity index (χ4v) is 9.53. The molecule has 11 atom stereocenters. The lowest BCUT2D eigenvalue weighted by atomic mass is 9.43. The Morgan fingerprint density at radius 2 is 2.11 bits per heavy atom. The highest BCUT2D eigenvalue weighted by atomic mass is 16.7. The summed E-state index contributed by atoms with van der Waals surface area (Å²) in [7, 11) is 1.57. The maximum absolute atomic E-state index is 13.5. The summed E-state index contributed by atoms with van der Waals surface area (Å²) in [6.45, 7) is 8.38. The molecule has 1 aliphatic heterocycles. The molecule has 0 aromatic heterocycles. The van der Waals surface area contributed by atoms with E-state index in [-0.39, 0.29) is 36.6 Å². The number of aliphatic carboxylic acids is 1. The minimum atomic E-state index is -1.27. The van der Waals surface area contributed by atoms with Gasteiger partial charge in [0, 0.05) is 23.9 Å². The van der Waals surface area contributed by atoms with Crippen LogP contribution < -0.4 is 0 Å². The molecule has 0 radical (unpaired) electrons. The Bertz CT molecular complexity index is 1010. The smallest absolute Gasteiger partial charge is 0.315 e. The maximum atomic E-state index is 13.5. The molecule has 4 aliphatic carbocycles. The number of ether oxygens (including phenoxy) is 3. The molecule has 4 bridgehead atoms. The summed E-state index contributed by atoms with van der Waals surface area (Å²) in [6, 6.07) is -0.441. The molecule has 5 aliphatic rings. The zero-order chi connectivity index (χ0) is 26.0. The monoisotopic (exact) mass is 501 g/mol. The summed E-state index contributed by atoms with van der Waals surface area (Å²) in [6.07, 6.45) is 5.41. The largest absolute Gasteiger partial charge is 0.481 e. The lowest BCUT2D eigenvalue weighted by molar-refractivity contribution is -0.248. The second-order valence-electron chi connectivity index (χ2n) is 12.3. The number of methoxy groups -OCH3 is 1. The second kappa shape index (κ2) is 8.83. The molecule has 198 valence electrons. The summed E-state index contributed by atoms with van der Waals surface area (Å²) in [5, 5.41) is 15.0. The van der Waals surface area contributed by atoms with Crippen LogP contribution in [0.15, 0.2) is 16.8 Å². The first-order valence-corrected chi connectivity index (χ1v) is 13.4. The van der Waals surface area contributed by atoms with Crippen molar-refractivity contribution in [3.05, 3.63) is 22.1 Å². The maximum Gasteiger partial charge on any atom is 0.315 e. The van der Waals surface area contributed by atoms with Gasteiger partial charge in [-0.25, -0.2) is 0 Å². The summed E-state index contributed by atoms with van der Waals surface area (Å²) < 4.78 is 18.1. The predicted octanol–water partition coefficient (Wildman–Crippen LogP) is 4.76. The van der Waals surface area contributed by atoms with E-state index in [0.717, 1.165) is 31.1 Å². The third-order valence-electron chi connectivity index (χ3n) is 10.8. The molecule has 1 saturated heterocycles. The average Bonchev–Trinajstić information content (AvgIpc) is 3.40. The lowest BCUT2D eigenvalue weighted by Gasteiger charge is -2.58. The standard InChI is InChI=1S/C27H39N3O6/c1-14(2)20-8-17-10-25(12-31)19-7-6-15(3)18(19)11-26(17,27(20,25)24(32)33)13-35-22-9-21(29-30-28)23(34-5)16(4)36-22/h8,12,14-19,21-23H,6-7,9-11,13H2,1-5H3,(H,32,33)/t15?,16-,17?,18?,19?,21+,22-,23-,25?,26?,27?/m1/s1. The van der Waals surface area contributed by atoms with E-state index in [2.05, 4.69) is 23.0 Å². The number of hydrogen-bond acceptors (Lipinski definition) is 6. The van der Waals surface area contributed by atoms with E-state index in [4.69, 9.17) is 19.7 Å². The minimum absolute atomic E-state index is 0.0169. The average molecular weight is 502 g/mol. The minimum Gasteiger partial charge on any atom is -0.481 e. The molecule has 0 aromatic carbocycles. The summed E-state index contributed by atoms with van der Waals surface area (Å²) in [5.74, 6) is -0.0679. The van der Waals surface area contributed by atoms with Gasteiger partial charge in [0.25, 0.3) is 0 Å². The third kappa shape index (κ3) is 3.03. The van der Waals surface area contributed by atoms with Crippen LogP contribution in [0.2, 0.25) is 0 Å². The van der Waals surface area contributed by atoms with Crippen LogP contribution in [0, 0.1) is 45.8 Å². The van der Waals surface area contributed by atoms with Crippen molar-refractivity contribution in [2.45, 2.75) is 84.3 Å². The van der Waals surface area contributed by atoms with Gasteiger partial charge in [0.2, 0.25) is 0 Å². The molecule has 36 heavy (non-hydrogen) atoms. The van der Waals surface area contributed by atoms with Crippen LogP contribution in [0.3, 0.4) is 0 Å². The Morgan fingerprint density at radius 1 is 1.36 bits per heavy atom. The lowest BCUT2D eigenvalue weighted by Crippen LogP contribution is -2.63. The van der Waals surface area contributed by atoms with Gasteiger partial charge in [-0.1, -0.05) is 44.0 Å². The molecule has 7 unspecified atom stereocenters. The van der Waals surface area contributed by atoms with Gasteiger partial charge in [0.1, 0.15) is 11.7 Å². The Morgan fingerprint density at radius 3 is 2.72 bits per heavy atom. The molecule has 1 heterocycles. The van der Waals surface area contributed by atoms with E-state index in [0.29, 0.717) is 24.7 Å². The van der Waals surface area contributed by atoms with E-state index in [1.165, 1.54) is 0 Å². The summed E-state index contributed by atoms with van der Waals surface area (Å²) in [5.41, 5.74) is 7.06. The number of carboxylic acids is 1. The van der Waals surface area contributed by atoms with Gasteiger partial charge in [-0.15, -0.1) is 0 Å². The molecule has 3 saturated carbocycles. The number of carbonyl (C=O) groups is 2. The molecule has 9 heteroatoms. The van der Waals surface area contributed by atoms with Crippen LogP contribution in [-0.4, -0.2) is 55.6 Å². The summed E-state index contributed by atoms with van der Waals surface area (Å²) >= 11 is 0. The topological polar surface area (TPSA) is 131 Å². The van der Waals surface area contributed by atoms with Crippen LogP contribution in [0.25, 0.3) is 10.4 Å². The van der Waals surface area contributed by atoms with Crippen molar-refractivity contribution in [2.75, 3.05) is 13.7 Å². The number of hydrogen-bond donors (Lipinski definition) is 1. The van der Waals surface area contributed by atoms with Gasteiger partial charge in [-0.2, -0.15) is 0 Å². The van der Waals surface area contributed by atoms with Gasteiger partial charge in [-0.05, 0) is 61.3 Å². The highest BCUT2D eigenvalue weighted by Crippen LogP contribution is 2.82. The third-order valence-corrected chi connectivity index (χ3v) is 10.8. The number of fused-ring (bicyclic) bond motifs is 2. The van der Waals surface area contributed by atoms with Gasteiger partial charge >= 0.3 is 5.97 Å². The second-order valence-corrected chi connectivity index (χ2v) is 12.3. The number of azide groups is 1. The molecule has 0 amide bonds. The van der Waals surface area contributed by atoms with Crippen molar-refractivity contribution in [3.8, 4) is 0 Å². The van der Waals surface area contributed by atoms with Crippen LogP contribution in [-0.2, 0) is 23.8 Å². The Labute approximate surface area is 212 Å². The van der Waals surface area contributed by atoms with Crippen molar-refractivity contribution in [2.24, 2.45) is 50.9 Å². The van der Waals surface area contributed by atoms with Crippen LogP contribution in [0.1, 0.15) is 59.8 Å². The molecule has 4 fully saturated rings. The van der Waals surface area contributed by atoms with Crippen molar-refractivity contribution in [1.82, 2.24) is 0 Å². The Hall–Kier alpha value is -1.93. The zero-order valence-corrected chi connectivity index (χ0v) is 21.9. The molecule has 9 nitrogen and oxygen atoms in total. The first-order valence-electron chi connectivity index (χ1n) is 13.4. The molecular weight excluding hydrogens is 462 g/mol. The molecular formula is C27H39N3O6. The number of rotatable bonds is 8. The van der Waals surface area contributed by atoms with Crippen molar-refractivity contribution in [3.63, 3.8) is 0 Å². The van der Waals surface area contributed by atoms with Gasteiger partial charge < -0.3 is 24.1 Å². The van der Waals surface area contributed by atoms with E-state index < -0.39 is 34.5 Å². The number of carboxylic acid groups (broad SMARTS) is 1. The highest BCUT2D eigenvalue weighted by molar-refractivity contribution is 5.90. The highest BCUT2D eigenvalue weighted by Gasteiger charge is 2.84. The number of aldehydes is 1. The number of allylic oxidation sites excluding steroid dienone is 1. The predicted molar refractivity (Wildman–Crippen MR) is 131 cm³/mol. The van der Waals surface area contributed by atoms with E-state index >= 15 is 0 Å². The fraction of sp³-hybridized carbons (Fsp3) is 0.852. The van der Waals surface area contributed by atoms with E-state index in [1.807, 2.05) is 20.8 Å². The van der Waals surface area contributed by atoms with Crippen molar-refractivity contribution < 1.29 is 28.9 Å². The molecule has 0 aromatic rings. The zero-order valence-electron chi connectivity index (χ0n) is 21.9.